The van der Waals surface area contributed by atoms with E-state index in [2.05, 4.69) is 9.98 Å². The summed E-state index contributed by atoms with van der Waals surface area (Å²) in [5.74, 6) is -0.173. The van der Waals surface area contributed by atoms with Crippen LogP contribution in [-0.2, 0) is 0 Å². The van der Waals surface area contributed by atoms with Crippen LogP contribution in [0.15, 0.2) is 76.1 Å². The number of ether oxygens (including phenoxy) is 1. The molecule has 0 aliphatic heterocycles. The number of hydrogen-bond donors (Lipinski definition) is 0. The second-order valence-electron chi connectivity index (χ2n) is 7.39. The van der Waals surface area contributed by atoms with Crippen LogP contribution in [0, 0.1) is 10.1 Å². The lowest BCUT2D eigenvalue weighted by Crippen LogP contribution is -2.02. The number of benzene rings is 4. The third-order valence-electron chi connectivity index (χ3n) is 5.32. The fourth-order valence-corrected chi connectivity index (χ4v) is 3.91. The van der Waals surface area contributed by atoms with Gasteiger partial charge in [-0.1, -0.05) is 41.6 Å². The molecule has 0 aliphatic carbocycles. The number of aromatic nitrogens is 1. The average molecular weight is 473 g/mol. The smallest absolute Gasteiger partial charge is 0.273 e. The zero-order valence-electron chi connectivity index (χ0n) is 17.7. The lowest BCUT2D eigenvalue weighted by atomic mass is 10.0. The summed E-state index contributed by atoms with van der Waals surface area (Å²) in [5.41, 5.74) is 2.22. The number of non-ortho nitro benzene ring substituents is 1. The predicted octanol–water partition coefficient (Wildman–Crippen LogP) is 6.04. The van der Waals surface area contributed by atoms with E-state index in [0.717, 1.165) is 28.5 Å². The van der Waals surface area contributed by atoms with Crippen molar-refractivity contribution in [2.24, 2.45) is 4.99 Å². The van der Waals surface area contributed by atoms with Crippen molar-refractivity contribution >= 4 is 51.1 Å². The lowest BCUT2D eigenvalue weighted by molar-refractivity contribution is -0.385. The van der Waals surface area contributed by atoms with Crippen LogP contribution in [0.25, 0.3) is 33.3 Å². The minimum absolute atomic E-state index is 0.0413. The zero-order valence-corrected chi connectivity index (χ0v) is 18.4. The molecule has 9 heteroatoms. The summed E-state index contributed by atoms with van der Waals surface area (Å²) in [6.07, 6.45) is 1.27. The van der Waals surface area contributed by atoms with Crippen LogP contribution >= 0.6 is 11.6 Å². The molecule has 1 aromatic heterocycles. The van der Waals surface area contributed by atoms with E-state index in [1.54, 1.807) is 18.2 Å². The van der Waals surface area contributed by atoms with Gasteiger partial charge in [-0.25, -0.2) is 4.98 Å². The van der Waals surface area contributed by atoms with Crippen LogP contribution in [0.3, 0.4) is 0 Å². The summed E-state index contributed by atoms with van der Waals surface area (Å²) in [6, 6.07) is 18.8. The average Bonchev–Trinajstić information content (AvgIpc) is 3.26. The topological polar surface area (TPSA) is 114 Å². The molecule has 0 aliphatic rings. The third-order valence-corrected chi connectivity index (χ3v) is 5.65. The summed E-state index contributed by atoms with van der Waals surface area (Å²) < 4.78 is 10.9. The van der Waals surface area contributed by atoms with E-state index < -0.39 is 10.7 Å². The maximum Gasteiger partial charge on any atom is 0.273 e. The Hall–Kier alpha value is -4.43. The lowest BCUT2D eigenvalue weighted by Gasteiger charge is -2.14. The van der Waals surface area contributed by atoms with E-state index in [1.165, 1.54) is 13.3 Å². The summed E-state index contributed by atoms with van der Waals surface area (Å²) in [4.78, 5) is 19.5. The van der Waals surface area contributed by atoms with Crippen molar-refractivity contribution in [3.8, 4) is 23.0 Å². The molecule has 0 spiro atoms. The highest BCUT2D eigenvalue weighted by Crippen LogP contribution is 2.35. The Morgan fingerprint density at radius 1 is 1.09 bits per heavy atom. The first-order valence-electron chi connectivity index (χ1n) is 10.1. The fourth-order valence-electron chi connectivity index (χ4n) is 3.68. The monoisotopic (exact) mass is 472 g/mol. The van der Waals surface area contributed by atoms with Crippen LogP contribution in [0.1, 0.15) is 5.56 Å². The Labute approximate surface area is 197 Å². The highest BCUT2D eigenvalue weighted by atomic mass is 35.5. The largest absolute Gasteiger partial charge is 0.870 e. The maximum absolute atomic E-state index is 12.4. The first-order chi connectivity index (χ1) is 16.4. The Morgan fingerprint density at radius 2 is 1.88 bits per heavy atom. The van der Waals surface area contributed by atoms with Gasteiger partial charge >= 0.3 is 0 Å². The molecule has 1 heterocycles. The predicted molar refractivity (Wildman–Crippen MR) is 128 cm³/mol. The highest BCUT2D eigenvalue weighted by Gasteiger charge is 2.14. The van der Waals surface area contributed by atoms with Gasteiger partial charge in [0.2, 0.25) is 5.89 Å². The zero-order chi connectivity index (χ0) is 23.8. The first-order valence-corrected chi connectivity index (χ1v) is 10.5. The van der Waals surface area contributed by atoms with Crippen LogP contribution in [0.4, 0.5) is 11.4 Å². The molecule has 4 aromatic carbocycles. The molecule has 0 amide bonds. The van der Waals surface area contributed by atoms with E-state index in [4.69, 9.17) is 20.8 Å². The van der Waals surface area contributed by atoms with Crippen molar-refractivity contribution < 1.29 is 19.2 Å². The quantitative estimate of drug-likeness (QED) is 0.175. The number of nitro groups is 1. The first kappa shape index (κ1) is 21.4. The number of hydrogen-bond acceptors (Lipinski definition) is 7. The van der Waals surface area contributed by atoms with Crippen molar-refractivity contribution in [1.82, 2.24) is 4.98 Å². The van der Waals surface area contributed by atoms with Gasteiger partial charge in [0.25, 0.3) is 5.69 Å². The van der Waals surface area contributed by atoms with Crippen LogP contribution in [-0.4, -0.2) is 23.2 Å². The molecule has 5 aromatic rings. The van der Waals surface area contributed by atoms with Gasteiger partial charge in [-0.2, -0.15) is 0 Å². The van der Waals surface area contributed by atoms with Gasteiger partial charge in [0.05, 0.1) is 23.8 Å². The number of oxazole rings is 1. The summed E-state index contributed by atoms with van der Waals surface area (Å²) >= 11 is 6.32. The van der Waals surface area contributed by atoms with Crippen molar-refractivity contribution in [3.63, 3.8) is 0 Å². The normalized spacial score (nSPS) is 11.5. The molecule has 0 atom stereocenters. The van der Waals surface area contributed by atoms with Gasteiger partial charge in [-0.05, 0) is 41.3 Å². The third kappa shape index (κ3) is 3.80. The molecule has 0 fully saturated rings. The molecule has 0 saturated carbocycles. The SMILES string of the molecule is COc1cc([N+](=O)[O-])cc(C=Nc2ccc3oc(-c4cccc5c(Cl)cccc45)nc3c2)c1[O-]. The Kier molecular flexibility index (Phi) is 5.35. The highest BCUT2D eigenvalue weighted by molar-refractivity contribution is 6.35. The second kappa shape index (κ2) is 8.49. The Bertz CT molecular complexity index is 1610. The molecule has 0 N–H and O–H groups in total. The number of halogens is 1. The van der Waals surface area contributed by atoms with E-state index in [0.29, 0.717) is 27.7 Å². The summed E-state index contributed by atoms with van der Waals surface area (Å²) in [7, 11) is 1.28. The van der Waals surface area contributed by atoms with Crippen molar-refractivity contribution in [1.29, 1.82) is 0 Å². The minimum atomic E-state index is -0.595. The van der Waals surface area contributed by atoms with Gasteiger partial charge in [0.15, 0.2) is 5.58 Å². The van der Waals surface area contributed by atoms with E-state index in [1.807, 2.05) is 36.4 Å². The Morgan fingerprint density at radius 3 is 2.68 bits per heavy atom. The molecule has 0 bridgehead atoms. The van der Waals surface area contributed by atoms with Crippen LogP contribution in [0.2, 0.25) is 5.02 Å². The van der Waals surface area contributed by atoms with Gasteiger partial charge in [0.1, 0.15) is 11.3 Å². The summed E-state index contributed by atoms with van der Waals surface area (Å²) in [6.45, 7) is 0. The number of fused-ring (bicyclic) bond motifs is 2. The van der Waals surface area contributed by atoms with Crippen LogP contribution < -0.4 is 9.84 Å². The number of nitrogens with zero attached hydrogens (tertiary/aromatic N) is 3. The molecule has 0 radical (unpaired) electrons. The number of rotatable bonds is 5. The van der Waals surface area contributed by atoms with E-state index in [-0.39, 0.29) is 17.0 Å². The van der Waals surface area contributed by atoms with Gasteiger partial charge < -0.3 is 14.3 Å². The van der Waals surface area contributed by atoms with Gasteiger partial charge in [-0.15, -0.1) is 0 Å². The van der Waals surface area contributed by atoms with Crippen molar-refractivity contribution in [3.05, 3.63) is 87.4 Å². The van der Waals surface area contributed by atoms with Gasteiger partial charge in [0, 0.05) is 28.3 Å². The van der Waals surface area contributed by atoms with Crippen molar-refractivity contribution in [2.45, 2.75) is 0 Å². The number of nitro benzene ring substituents is 1. The molecule has 168 valence electrons. The van der Waals surface area contributed by atoms with Crippen molar-refractivity contribution in [2.75, 3.05) is 7.11 Å². The second-order valence-corrected chi connectivity index (χ2v) is 7.80. The fraction of sp³-hybridized carbons (Fsp3) is 0.0400. The minimum Gasteiger partial charge on any atom is -0.870 e. The number of aliphatic imine (C=N–C) groups is 1. The maximum atomic E-state index is 12.4. The van der Waals surface area contributed by atoms with Crippen LogP contribution in [0.5, 0.6) is 11.5 Å². The molecule has 0 unspecified atom stereocenters. The number of methoxy groups -OCH3 is 1. The molecule has 0 saturated heterocycles. The molecule has 8 nitrogen and oxygen atoms in total. The van der Waals surface area contributed by atoms with E-state index >= 15 is 0 Å². The molecule has 5 rings (SSSR count). The molecular weight excluding hydrogens is 458 g/mol. The Balaban J connectivity index is 1.53. The molecule has 34 heavy (non-hydrogen) atoms. The van der Waals surface area contributed by atoms with Gasteiger partial charge in [-0.3, -0.25) is 15.1 Å². The standard InChI is InChI=1S/C25H16ClN3O5/c1-33-23-12-16(29(31)32)10-14(24(23)30)13-27-15-8-9-22-21(11-15)28-25(34-22)19-6-2-5-18-17(19)4-3-7-20(18)26/h2-13,30H,1H3/p-1. The molecular formula is C25H15ClN3O5-. The van der Waals surface area contributed by atoms with E-state index in [9.17, 15) is 15.2 Å². The summed E-state index contributed by atoms with van der Waals surface area (Å²) in [5, 5.41) is 26.0.